The molecule has 1 fully saturated rings. The zero-order valence-corrected chi connectivity index (χ0v) is 11.7. The van der Waals surface area contributed by atoms with E-state index in [4.69, 9.17) is 0 Å². The number of fused-ring (bicyclic) bond motifs is 1. The molecule has 0 N–H and O–H groups in total. The van der Waals surface area contributed by atoms with Crippen molar-refractivity contribution in [3.63, 3.8) is 0 Å². The highest BCUT2D eigenvalue weighted by molar-refractivity contribution is 5.96. The van der Waals surface area contributed by atoms with Gasteiger partial charge in [0.05, 0.1) is 16.8 Å². The summed E-state index contributed by atoms with van der Waals surface area (Å²) in [5.74, 6) is 0.414. The van der Waals surface area contributed by atoms with Crippen molar-refractivity contribution >= 4 is 16.6 Å². The van der Waals surface area contributed by atoms with Crippen LogP contribution >= 0.6 is 0 Å². The highest BCUT2D eigenvalue weighted by atomic mass is 19.1. The zero-order valence-electron chi connectivity index (χ0n) is 11.7. The number of rotatable bonds is 3. The lowest BCUT2D eigenvalue weighted by Crippen LogP contribution is -2.21. The molecule has 102 valence electrons. The van der Waals surface area contributed by atoms with Crippen molar-refractivity contribution in [2.45, 2.75) is 19.8 Å². The van der Waals surface area contributed by atoms with E-state index < -0.39 is 0 Å². The van der Waals surface area contributed by atoms with Gasteiger partial charge in [-0.3, -0.25) is 4.98 Å². The van der Waals surface area contributed by atoms with Crippen molar-refractivity contribution in [2.75, 3.05) is 18.5 Å². The van der Waals surface area contributed by atoms with Gasteiger partial charge in [-0.25, -0.2) is 4.39 Å². The summed E-state index contributed by atoms with van der Waals surface area (Å²) in [4.78, 5) is 6.38. The van der Waals surface area contributed by atoms with Gasteiger partial charge in [0.2, 0.25) is 0 Å². The molecule has 1 aromatic heterocycles. The molecular weight excluding hydrogens is 253 g/mol. The Labute approximate surface area is 117 Å². The van der Waals surface area contributed by atoms with Crippen LogP contribution in [0.4, 0.5) is 10.1 Å². The highest BCUT2D eigenvalue weighted by Crippen LogP contribution is 2.35. The molecule has 0 saturated heterocycles. The lowest BCUT2D eigenvalue weighted by molar-refractivity contribution is 0.628. The monoisotopic (exact) mass is 269 g/mol. The number of pyridine rings is 1. The summed E-state index contributed by atoms with van der Waals surface area (Å²) in [6, 6.07) is 5.13. The van der Waals surface area contributed by atoms with Crippen LogP contribution in [-0.2, 0) is 0 Å². The largest absolute Gasteiger partial charge is 0.373 e. The van der Waals surface area contributed by atoms with Crippen molar-refractivity contribution in [1.29, 1.82) is 5.26 Å². The third-order valence-corrected chi connectivity index (χ3v) is 3.83. The molecule has 3 rings (SSSR count). The van der Waals surface area contributed by atoms with Gasteiger partial charge >= 0.3 is 0 Å². The Morgan fingerprint density at radius 2 is 2.20 bits per heavy atom. The van der Waals surface area contributed by atoms with Gasteiger partial charge in [0.25, 0.3) is 0 Å². The summed E-state index contributed by atoms with van der Waals surface area (Å²) >= 11 is 0. The number of hydrogen-bond donors (Lipinski definition) is 0. The zero-order chi connectivity index (χ0) is 14.3. The molecular formula is C16H16FN3. The second-order valence-electron chi connectivity index (χ2n) is 5.58. The highest BCUT2D eigenvalue weighted by Gasteiger charge is 2.25. The first-order valence-corrected chi connectivity index (χ1v) is 6.80. The fourth-order valence-electron chi connectivity index (χ4n) is 2.69. The number of hydrogen-bond acceptors (Lipinski definition) is 3. The first-order valence-electron chi connectivity index (χ1n) is 6.80. The number of anilines is 1. The van der Waals surface area contributed by atoms with Crippen LogP contribution < -0.4 is 4.90 Å². The maximum atomic E-state index is 13.7. The van der Waals surface area contributed by atoms with Crippen molar-refractivity contribution in [3.8, 4) is 6.07 Å². The average Bonchev–Trinajstić information content (AvgIpc) is 3.20. The van der Waals surface area contributed by atoms with Crippen LogP contribution in [-0.4, -0.2) is 18.6 Å². The molecule has 1 heterocycles. The van der Waals surface area contributed by atoms with E-state index in [1.807, 2.05) is 14.0 Å². The van der Waals surface area contributed by atoms with E-state index in [1.165, 1.54) is 25.0 Å². The number of benzene rings is 1. The summed E-state index contributed by atoms with van der Waals surface area (Å²) < 4.78 is 13.7. The number of halogens is 1. The Hall–Kier alpha value is -2.15. The van der Waals surface area contributed by atoms with Crippen molar-refractivity contribution < 1.29 is 4.39 Å². The topological polar surface area (TPSA) is 39.9 Å². The maximum Gasteiger partial charge on any atom is 0.124 e. The van der Waals surface area contributed by atoms with E-state index >= 15 is 0 Å². The standard InChI is InChI=1S/C16H16FN3/c1-10-5-13(17)6-14-15(10)19-8-12(7-18)16(14)20(2)9-11-3-4-11/h5-6,8,11H,3-4,9H2,1-2H3. The summed E-state index contributed by atoms with van der Waals surface area (Å²) in [6.45, 7) is 2.75. The Bertz CT molecular complexity index is 714. The van der Waals surface area contributed by atoms with Crippen molar-refractivity contribution in [2.24, 2.45) is 5.92 Å². The molecule has 0 atom stereocenters. The summed E-state index contributed by atoms with van der Waals surface area (Å²) in [5, 5.41) is 10.0. The molecule has 3 nitrogen and oxygen atoms in total. The Morgan fingerprint density at radius 3 is 2.85 bits per heavy atom. The van der Waals surface area contributed by atoms with Crippen molar-refractivity contribution in [1.82, 2.24) is 4.98 Å². The number of aromatic nitrogens is 1. The lowest BCUT2D eigenvalue weighted by atomic mass is 10.1. The van der Waals surface area contributed by atoms with Gasteiger partial charge in [-0.1, -0.05) is 0 Å². The number of nitrogens with zero attached hydrogens (tertiary/aromatic N) is 3. The Kier molecular flexibility index (Phi) is 3.06. The molecule has 20 heavy (non-hydrogen) atoms. The fourth-order valence-corrected chi connectivity index (χ4v) is 2.69. The van der Waals surface area contributed by atoms with Gasteiger partial charge in [-0.05, 0) is 43.4 Å². The number of aryl methyl sites for hydroxylation is 1. The van der Waals surface area contributed by atoms with E-state index in [2.05, 4.69) is 16.0 Å². The minimum absolute atomic E-state index is 0.284. The SMILES string of the molecule is Cc1cc(F)cc2c(N(C)CC3CC3)c(C#N)cnc12. The lowest BCUT2D eigenvalue weighted by Gasteiger charge is -2.22. The third-order valence-electron chi connectivity index (χ3n) is 3.83. The van der Waals surface area contributed by atoms with Gasteiger partial charge in [0.1, 0.15) is 11.9 Å². The van der Waals surface area contributed by atoms with Gasteiger partial charge < -0.3 is 4.90 Å². The molecule has 1 aliphatic carbocycles. The van der Waals surface area contributed by atoms with Gasteiger partial charge in [-0.15, -0.1) is 0 Å². The second-order valence-corrected chi connectivity index (χ2v) is 5.58. The van der Waals surface area contributed by atoms with Crippen LogP contribution in [0.2, 0.25) is 0 Å². The molecule has 1 aliphatic rings. The Balaban J connectivity index is 2.22. The molecule has 4 heteroatoms. The van der Waals surface area contributed by atoms with E-state index in [1.54, 1.807) is 6.20 Å². The predicted octanol–water partition coefficient (Wildman–Crippen LogP) is 3.40. The van der Waals surface area contributed by atoms with Gasteiger partial charge in [-0.2, -0.15) is 5.26 Å². The van der Waals surface area contributed by atoms with Crippen LogP contribution in [0, 0.1) is 30.0 Å². The molecule has 0 spiro atoms. The van der Waals surface area contributed by atoms with Crippen LogP contribution in [0.1, 0.15) is 24.0 Å². The average molecular weight is 269 g/mol. The maximum absolute atomic E-state index is 13.7. The normalized spacial score (nSPS) is 14.3. The number of nitriles is 1. The third kappa shape index (κ3) is 2.20. The van der Waals surface area contributed by atoms with E-state index in [9.17, 15) is 9.65 Å². The summed E-state index contributed by atoms with van der Waals surface area (Å²) in [6.07, 6.45) is 4.07. The van der Waals surface area contributed by atoms with Crippen LogP contribution in [0.15, 0.2) is 18.3 Å². The molecule has 1 saturated carbocycles. The second kappa shape index (κ2) is 4.75. The fraction of sp³-hybridized carbons (Fsp3) is 0.375. The predicted molar refractivity (Wildman–Crippen MR) is 77.1 cm³/mol. The van der Waals surface area contributed by atoms with Crippen LogP contribution in [0.25, 0.3) is 10.9 Å². The summed E-state index contributed by atoms with van der Waals surface area (Å²) in [5.41, 5.74) is 2.87. The quantitative estimate of drug-likeness (QED) is 0.857. The van der Waals surface area contributed by atoms with E-state index in [-0.39, 0.29) is 5.82 Å². The molecule has 0 radical (unpaired) electrons. The molecule has 0 bridgehead atoms. The van der Waals surface area contributed by atoms with Gasteiger partial charge in [0.15, 0.2) is 0 Å². The summed E-state index contributed by atoms with van der Waals surface area (Å²) in [7, 11) is 1.97. The Morgan fingerprint density at radius 1 is 1.45 bits per heavy atom. The first kappa shape index (κ1) is 12.9. The molecule has 0 unspecified atom stereocenters. The minimum Gasteiger partial charge on any atom is -0.373 e. The van der Waals surface area contributed by atoms with E-state index in [0.29, 0.717) is 11.5 Å². The molecule has 1 aromatic carbocycles. The van der Waals surface area contributed by atoms with Crippen molar-refractivity contribution in [3.05, 3.63) is 35.3 Å². The van der Waals surface area contributed by atoms with E-state index in [0.717, 1.165) is 28.7 Å². The van der Waals surface area contributed by atoms with Crippen LogP contribution in [0.5, 0.6) is 0 Å². The molecule has 0 aliphatic heterocycles. The first-order chi connectivity index (χ1) is 9.60. The van der Waals surface area contributed by atoms with Crippen LogP contribution in [0.3, 0.4) is 0 Å². The molecule has 0 amide bonds. The minimum atomic E-state index is -0.284. The van der Waals surface area contributed by atoms with Gasteiger partial charge in [0, 0.05) is 25.2 Å². The molecule has 2 aromatic rings. The smallest absolute Gasteiger partial charge is 0.124 e.